The molecule has 0 fully saturated rings. The van der Waals surface area contributed by atoms with Gasteiger partial charge in [-0.15, -0.1) is 0 Å². The third-order valence-corrected chi connectivity index (χ3v) is 6.30. The average molecular weight is 564 g/mol. The topological polar surface area (TPSA) is 160 Å². The van der Waals surface area contributed by atoms with Crippen LogP contribution in [0.1, 0.15) is 25.0 Å². The standard InChI is InChI=1S/C30H33N3O8/c1-18(2)25(33-30(39)41-16-21-12-8-5-9-13-21)28(36)32-26(19(3)29(37)38)23(34)17-40-24-15-31-27(35)22(24)14-20-10-6-4-7-11-20/h4-13,18,25-26H,3,14-17H2,1-2H3,(H,31,35)(H,32,36)(H,33,39)(H,37,38)/t25-,26-/m0/s1. The first kappa shape index (κ1) is 30.6. The number of ether oxygens (including phenoxy) is 2. The first-order valence-corrected chi connectivity index (χ1v) is 13.0. The maximum absolute atomic E-state index is 13.1. The lowest BCUT2D eigenvalue weighted by Crippen LogP contribution is -2.55. The number of nitrogens with one attached hydrogen (secondary N) is 3. The number of benzene rings is 2. The van der Waals surface area contributed by atoms with E-state index in [1.807, 2.05) is 36.4 Å². The maximum atomic E-state index is 13.1. The van der Waals surface area contributed by atoms with E-state index in [0.717, 1.165) is 11.1 Å². The molecule has 0 saturated heterocycles. The number of rotatable bonds is 14. The van der Waals surface area contributed by atoms with Crippen LogP contribution in [-0.4, -0.2) is 60.0 Å². The summed E-state index contributed by atoms with van der Waals surface area (Å²) < 4.78 is 10.8. The van der Waals surface area contributed by atoms with E-state index in [4.69, 9.17) is 9.47 Å². The third-order valence-electron chi connectivity index (χ3n) is 6.30. The Morgan fingerprint density at radius 3 is 2.17 bits per heavy atom. The summed E-state index contributed by atoms with van der Waals surface area (Å²) in [5, 5.41) is 17.0. The fraction of sp³-hybridized carbons (Fsp3) is 0.300. The van der Waals surface area contributed by atoms with Gasteiger partial charge < -0.3 is 30.5 Å². The summed E-state index contributed by atoms with van der Waals surface area (Å²) in [5.74, 6) is -3.63. The number of carbonyl (C=O) groups is 5. The summed E-state index contributed by atoms with van der Waals surface area (Å²) in [6, 6.07) is 15.4. The van der Waals surface area contributed by atoms with Gasteiger partial charge in [0.1, 0.15) is 31.1 Å². The lowest BCUT2D eigenvalue weighted by atomic mass is 10.0. The highest BCUT2D eigenvalue weighted by Crippen LogP contribution is 2.18. The smallest absolute Gasteiger partial charge is 0.408 e. The van der Waals surface area contributed by atoms with Gasteiger partial charge in [0.15, 0.2) is 5.78 Å². The second-order valence-electron chi connectivity index (χ2n) is 9.70. The molecule has 11 heteroatoms. The normalized spacial score (nSPS) is 14.1. The van der Waals surface area contributed by atoms with Crippen LogP contribution >= 0.6 is 0 Å². The summed E-state index contributed by atoms with van der Waals surface area (Å²) in [7, 11) is 0. The van der Waals surface area contributed by atoms with Gasteiger partial charge in [-0.1, -0.05) is 81.1 Å². The van der Waals surface area contributed by atoms with E-state index in [9.17, 15) is 29.1 Å². The van der Waals surface area contributed by atoms with Gasteiger partial charge in [0, 0.05) is 6.42 Å². The van der Waals surface area contributed by atoms with Crippen LogP contribution in [0.15, 0.2) is 84.1 Å². The predicted molar refractivity (Wildman–Crippen MR) is 148 cm³/mol. The molecule has 0 bridgehead atoms. The molecule has 1 aliphatic rings. The van der Waals surface area contributed by atoms with E-state index in [0.29, 0.717) is 5.57 Å². The molecule has 0 radical (unpaired) electrons. The van der Waals surface area contributed by atoms with E-state index in [1.54, 1.807) is 38.1 Å². The minimum absolute atomic E-state index is 0.0210. The van der Waals surface area contributed by atoms with E-state index in [-0.39, 0.29) is 31.2 Å². The summed E-state index contributed by atoms with van der Waals surface area (Å²) >= 11 is 0. The monoisotopic (exact) mass is 563 g/mol. The van der Waals surface area contributed by atoms with Gasteiger partial charge >= 0.3 is 12.1 Å². The van der Waals surface area contributed by atoms with Gasteiger partial charge in [0.05, 0.1) is 17.7 Å². The average Bonchev–Trinajstić information content (AvgIpc) is 3.31. The Labute approximate surface area is 237 Å². The largest absolute Gasteiger partial charge is 0.488 e. The Balaban J connectivity index is 1.67. The molecule has 41 heavy (non-hydrogen) atoms. The Hall–Kier alpha value is -4.93. The van der Waals surface area contributed by atoms with Crippen molar-refractivity contribution in [2.75, 3.05) is 13.2 Å². The Bertz CT molecular complexity index is 1320. The van der Waals surface area contributed by atoms with Crippen molar-refractivity contribution in [1.82, 2.24) is 16.0 Å². The molecule has 216 valence electrons. The molecule has 0 unspecified atom stereocenters. The number of hydrogen-bond acceptors (Lipinski definition) is 7. The fourth-order valence-corrected chi connectivity index (χ4v) is 4.00. The second-order valence-corrected chi connectivity index (χ2v) is 9.70. The first-order valence-electron chi connectivity index (χ1n) is 13.0. The molecule has 0 saturated carbocycles. The van der Waals surface area contributed by atoms with Crippen LogP contribution in [0, 0.1) is 5.92 Å². The van der Waals surface area contributed by atoms with E-state index in [2.05, 4.69) is 22.5 Å². The lowest BCUT2D eigenvalue weighted by Gasteiger charge is -2.25. The molecule has 2 atom stereocenters. The Morgan fingerprint density at radius 1 is 0.976 bits per heavy atom. The molecule has 2 aromatic rings. The Kier molecular flexibility index (Phi) is 10.8. The molecular weight excluding hydrogens is 530 g/mol. The fourth-order valence-electron chi connectivity index (χ4n) is 4.00. The summed E-state index contributed by atoms with van der Waals surface area (Å²) in [6.45, 7) is 6.19. The quantitative estimate of drug-likeness (QED) is 0.255. The molecule has 0 aliphatic carbocycles. The molecule has 11 nitrogen and oxygen atoms in total. The van der Waals surface area contributed by atoms with Crippen LogP contribution in [0.25, 0.3) is 0 Å². The number of ketones is 1. The van der Waals surface area contributed by atoms with Crippen LogP contribution in [-0.2, 0) is 41.7 Å². The van der Waals surface area contributed by atoms with E-state index < -0.39 is 53.9 Å². The second kappa shape index (κ2) is 14.5. The Morgan fingerprint density at radius 2 is 1.59 bits per heavy atom. The molecule has 1 heterocycles. The number of Topliss-reactive ketones (excluding diaryl/α,β-unsaturated/α-hetero) is 1. The third kappa shape index (κ3) is 8.79. The van der Waals surface area contributed by atoms with Crippen molar-refractivity contribution in [3.8, 4) is 0 Å². The molecule has 4 N–H and O–H groups in total. The first-order chi connectivity index (χ1) is 19.6. The van der Waals surface area contributed by atoms with Crippen LogP contribution < -0.4 is 16.0 Å². The predicted octanol–water partition coefficient (Wildman–Crippen LogP) is 2.28. The molecule has 3 amide bonds. The number of aliphatic carboxylic acids is 1. The van der Waals surface area contributed by atoms with Crippen molar-refractivity contribution in [2.45, 2.75) is 39.0 Å². The number of carboxylic acids is 1. The number of amides is 3. The van der Waals surface area contributed by atoms with Gasteiger partial charge in [0.2, 0.25) is 5.91 Å². The van der Waals surface area contributed by atoms with E-state index in [1.165, 1.54) is 0 Å². The molecular formula is C30H33N3O8. The van der Waals surface area contributed by atoms with Crippen molar-refractivity contribution in [1.29, 1.82) is 0 Å². The summed E-state index contributed by atoms with van der Waals surface area (Å²) in [5.41, 5.74) is 1.38. The van der Waals surface area contributed by atoms with Crippen LogP contribution in [0.3, 0.4) is 0 Å². The van der Waals surface area contributed by atoms with Crippen LogP contribution in [0.5, 0.6) is 0 Å². The van der Waals surface area contributed by atoms with Crippen molar-refractivity contribution >= 4 is 29.7 Å². The zero-order chi connectivity index (χ0) is 29.9. The molecule has 0 spiro atoms. The highest BCUT2D eigenvalue weighted by atomic mass is 16.5. The van der Waals surface area contributed by atoms with Crippen molar-refractivity contribution in [3.63, 3.8) is 0 Å². The highest BCUT2D eigenvalue weighted by Gasteiger charge is 2.33. The molecule has 0 aromatic heterocycles. The van der Waals surface area contributed by atoms with Crippen molar-refractivity contribution < 1.29 is 38.6 Å². The lowest BCUT2D eigenvalue weighted by molar-refractivity contribution is -0.136. The molecule has 2 aromatic carbocycles. The van der Waals surface area contributed by atoms with Crippen LogP contribution in [0.4, 0.5) is 4.79 Å². The molecule has 3 rings (SSSR count). The maximum Gasteiger partial charge on any atom is 0.408 e. The zero-order valence-corrected chi connectivity index (χ0v) is 22.8. The van der Waals surface area contributed by atoms with Crippen molar-refractivity contribution in [2.24, 2.45) is 5.92 Å². The van der Waals surface area contributed by atoms with Gasteiger partial charge in [-0.25, -0.2) is 9.59 Å². The SMILES string of the molecule is C=C(C(=O)O)[C@H](NC(=O)[C@@H](NC(=O)OCc1ccccc1)C(C)C)C(=O)COC1=C(Cc2ccccc2)C(=O)NC1. The number of carbonyl (C=O) groups excluding carboxylic acids is 4. The van der Waals surface area contributed by atoms with Gasteiger partial charge in [-0.2, -0.15) is 0 Å². The minimum atomic E-state index is -1.65. The number of alkyl carbamates (subject to hydrolysis) is 1. The van der Waals surface area contributed by atoms with E-state index >= 15 is 0 Å². The minimum Gasteiger partial charge on any atom is -0.488 e. The summed E-state index contributed by atoms with van der Waals surface area (Å²) in [4.78, 5) is 62.6. The number of carboxylic acid groups (broad SMARTS) is 1. The van der Waals surface area contributed by atoms with Gasteiger partial charge in [0.25, 0.3) is 5.91 Å². The number of hydrogen-bond donors (Lipinski definition) is 4. The summed E-state index contributed by atoms with van der Waals surface area (Å²) in [6.07, 6.45) is -0.581. The van der Waals surface area contributed by atoms with Gasteiger partial charge in [-0.05, 0) is 17.0 Å². The van der Waals surface area contributed by atoms with Crippen molar-refractivity contribution in [3.05, 3.63) is 95.3 Å². The highest BCUT2D eigenvalue weighted by molar-refractivity contribution is 6.02. The van der Waals surface area contributed by atoms with Crippen LogP contribution in [0.2, 0.25) is 0 Å². The zero-order valence-electron chi connectivity index (χ0n) is 22.8. The van der Waals surface area contributed by atoms with Gasteiger partial charge in [-0.3, -0.25) is 14.4 Å². The molecule has 1 aliphatic heterocycles.